The number of nitrogen functional groups attached to an aromatic ring is 1. The van der Waals surface area contributed by atoms with E-state index in [1.807, 2.05) is 0 Å². The zero-order valence-corrected chi connectivity index (χ0v) is 16.1. The summed E-state index contributed by atoms with van der Waals surface area (Å²) in [5, 5.41) is 10.3. The van der Waals surface area contributed by atoms with E-state index < -0.39 is 36.1 Å². The molecule has 0 aliphatic carbocycles. The van der Waals surface area contributed by atoms with Crippen molar-refractivity contribution in [1.82, 2.24) is 9.55 Å². The van der Waals surface area contributed by atoms with Crippen LogP contribution in [0.5, 0.6) is 0 Å². The van der Waals surface area contributed by atoms with Gasteiger partial charge in [0.15, 0.2) is 0 Å². The lowest BCUT2D eigenvalue weighted by molar-refractivity contribution is -0.134. The van der Waals surface area contributed by atoms with Crippen molar-refractivity contribution >= 4 is 23.8 Å². The summed E-state index contributed by atoms with van der Waals surface area (Å²) in [4.78, 5) is 39.3. The second kappa shape index (κ2) is 9.33. The van der Waals surface area contributed by atoms with E-state index >= 15 is 0 Å². The first-order chi connectivity index (χ1) is 14.4. The summed E-state index contributed by atoms with van der Waals surface area (Å²) in [6.07, 6.45) is 1.33. The van der Waals surface area contributed by atoms with Gasteiger partial charge in [0.25, 0.3) is 0 Å². The number of esters is 2. The summed E-state index contributed by atoms with van der Waals surface area (Å²) >= 11 is 0. The molecule has 30 heavy (non-hydrogen) atoms. The van der Waals surface area contributed by atoms with Crippen LogP contribution in [0.25, 0.3) is 6.08 Å². The van der Waals surface area contributed by atoms with Gasteiger partial charge in [-0.3, -0.25) is 4.57 Å². The molecular weight excluding hydrogens is 394 g/mol. The molecule has 1 saturated heterocycles. The van der Waals surface area contributed by atoms with Crippen LogP contribution in [-0.2, 0) is 19.0 Å². The Balaban J connectivity index is 1.70. The Morgan fingerprint density at radius 2 is 2.10 bits per heavy atom. The van der Waals surface area contributed by atoms with Crippen LogP contribution in [0.1, 0.15) is 28.6 Å². The van der Waals surface area contributed by atoms with Gasteiger partial charge < -0.3 is 25.1 Å². The Hall–Kier alpha value is -3.50. The van der Waals surface area contributed by atoms with E-state index in [9.17, 15) is 19.5 Å². The van der Waals surface area contributed by atoms with Crippen molar-refractivity contribution < 1.29 is 28.9 Å². The molecule has 1 aromatic heterocycles. The number of carbonyl (C=O) groups is 2. The van der Waals surface area contributed by atoms with E-state index in [2.05, 4.69) is 9.72 Å². The monoisotopic (exact) mass is 415 g/mol. The highest BCUT2D eigenvalue weighted by molar-refractivity contribution is 5.89. The average molecular weight is 415 g/mol. The molecule has 0 saturated carbocycles. The van der Waals surface area contributed by atoms with Crippen molar-refractivity contribution in [2.75, 3.05) is 19.5 Å². The lowest BCUT2D eigenvalue weighted by Gasteiger charge is -2.17. The van der Waals surface area contributed by atoms with Gasteiger partial charge in [-0.2, -0.15) is 4.98 Å². The molecule has 0 radical (unpaired) electrons. The largest absolute Gasteiger partial charge is 0.466 e. The van der Waals surface area contributed by atoms with Gasteiger partial charge in [0.05, 0.1) is 18.8 Å². The smallest absolute Gasteiger partial charge is 0.351 e. The molecule has 10 nitrogen and oxygen atoms in total. The van der Waals surface area contributed by atoms with Crippen LogP contribution >= 0.6 is 0 Å². The Bertz CT molecular complexity index is 1000. The molecule has 0 unspecified atom stereocenters. The first-order valence-corrected chi connectivity index (χ1v) is 9.09. The summed E-state index contributed by atoms with van der Waals surface area (Å²) in [6.45, 7) is -0.183. The van der Waals surface area contributed by atoms with Crippen molar-refractivity contribution in [3.8, 4) is 0 Å². The first kappa shape index (κ1) is 21.2. The molecule has 0 bridgehead atoms. The molecule has 158 valence electrons. The van der Waals surface area contributed by atoms with Crippen molar-refractivity contribution in [3.05, 3.63) is 64.2 Å². The quantitative estimate of drug-likeness (QED) is 0.510. The molecular formula is C20H21N3O7. The highest BCUT2D eigenvalue weighted by Gasteiger charge is 2.36. The van der Waals surface area contributed by atoms with Crippen molar-refractivity contribution in [1.29, 1.82) is 0 Å². The maximum absolute atomic E-state index is 12.2. The maximum Gasteiger partial charge on any atom is 0.351 e. The van der Waals surface area contributed by atoms with Crippen LogP contribution in [0.3, 0.4) is 0 Å². The summed E-state index contributed by atoms with van der Waals surface area (Å²) in [5.74, 6) is -1.21. The second-order valence-corrected chi connectivity index (χ2v) is 6.52. The third-order valence-corrected chi connectivity index (χ3v) is 4.51. The molecule has 1 aliphatic rings. The SMILES string of the molecule is COC(=O)C=Cc1cn([C@H]2C[C@H](O)[C@@H](COC(=O)c3ccccc3)O2)c(=O)nc1N. The Kier molecular flexibility index (Phi) is 6.60. The fourth-order valence-corrected chi connectivity index (χ4v) is 2.91. The van der Waals surface area contributed by atoms with Gasteiger partial charge in [0.2, 0.25) is 0 Å². The van der Waals surface area contributed by atoms with Crippen molar-refractivity contribution in [3.63, 3.8) is 0 Å². The van der Waals surface area contributed by atoms with Crippen LogP contribution in [-0.4, -0.2) is 52.5 Å². The summed E-state index contributed by atoms with van der Waals surface area (Å²) in [7, 11) is 1.23. The van der Waals surface area contributed by atoms with Gasteiger partial charge in [0.1, 0.15) is 24.8 Å². The molecule has 1 aliphatic heterocycles. The van der Waals surface area contributed by atoms with Crippen molar-refractivity contribution in [2.45, 2.75) is 24.9 Å². The number of anilines is 1. The summed E-state index contributed by atoms with van der Waals surface area (Å²) in [5.41, 5.74) is 5.73. The van der Waals surface area contributed by atoms with Gasteiger partial charge in [-0.1, -0.05) is 18.2 Å². The standard InChI is InChI=1S/C20H21N3O7/c1-28-17(25)8-7-13-10-23(20(27)22-18(13)21)16-9-14(24)15(30-16)11-29-19(26)12-5-3-2-4-6-12/h2-8,10,14-16,24H,9,11H2,1H3,(H2,21,22,27)/t14-,15+,16+/m0/s1. The number of nitrogens with two attached hydrogens (primary N) is 1. The van der Waals surface area contributed by atoms with Gasteiger partial charge in [-0.05, 0) is 18.2 Å². The molecule has 3 rings (SSSR count). The Labute approximate surface area is 171 Å². The van der Waals surface area contributed by atoms with Crippen LogP contribution in [0, 0.1) is 0 Å². The molecule has 1 fully saturated rings. The van der Waals surface area contributed by atoms with Gasteiger partial charge >= 0.3 is 17.6 Å². The van der Waals surface area contributed by atoms with E-state index in [1.54, 1.807) is 30.3 Å². The normalized spacial score (nSPS) is 20.9. The Morgan fingerprint density at radius 3 is 2.80 bits per heavy atom. The van der Waals surface area contributed by atoms with E-state index in [0.717, 1.165) is 10.6 Å². The highest BCUT2D eigenvalue weighted by atomic mass is 16.6. The van der Waals surface area contributed by atoms with Gasteiger partial charge in [-0.15, -0.1) is 0 Å². The molecule has 0 amide bonds. The minimum absolute atomic E-state index is 0.0664. The zero-order valence-electron chi connectivity index (χ0n) is 16.1. The summed E-state index contributed by atoms with van der Waals surface area (Å²) in [6, 6.07) is 8.42. The third kappa shape index (κ3) is 4.91. The maximum atomic E-state index is 12.2. The van der Waals surface area contributed by atoms with E-state index in [0.29, 0.717) is 11.1 Å². The van der Waals surface area contributed by atoms with E-state index in [4.69, 9.17) is 15.2 Å². The number of benzene rings is 1. The number of aromatic nitrogens is 2. The van der Waals surface area contributed by atoms with Crippen molar-refractivity contribution in [2.24, 2.45) is 0 Å². The Morgan fingerprint density at radius 1 is 1.37 bits per heavy atom. The fraction of sp³-hybridized carbons (Fsp3) is 0.300. The number of aliphatic hydroxyl groups is 1. The highest BCUT2D eigenvalue weighted by Crippen LogP contribution is 2.28. The number of nitrogens with zero attached hydrogens (tertiary/aromatic N) is 2. The van der Waals surface area contributed by atoms with Crippen LogP contribution in [0.15, 0.2) is 47.4 Å². The van der Waals surface area contributed by atoms with Gasteiger partial charge in [-0.25, -0.2) is 14.4 Å². The molecule has 10 heteroatoms. The van der Waals surface area contributed by atoms with E-state index in [-0.39, 0.29) is 18.8 Å². The van der Waals surface area contributed by atoms with Gasteiger partial charge in [0, 0.05) is 24.3 Å². The number of methoxy groups -OCH3 is 1. The number of hydrogen-bond donors (Lipinski definition) is 2. The number of aliphatic hydroxyl groups excluding tert-OH is 1. The minimum Gasteiger partial charge on any atom is -0.466 e. The third-order valence-electron chi connectivity index (χ3n) is 4.51. The number of ether oxygens (including phenoxy) is 3. The predicted octanol–water partition coefficient (Wildman–Crippen LogP) is 0.517. The topological polar surface area (TPSA) is 143 Å². The lowest BCUT2D eigenvalue weighted by atomic mass is 10.2. The molecule has 2 heterocycles. The molecule has 2 aromatic rings. The number of hydrogen-bond acceptors (Lipinski definition) is 9. The minimum atomic E-state index is -0.961. The number of rotatable bonds is 6. The number of carbonyl (C=O) groups excluding carboxylic acids is 2. The first-order valence-electron chi connectivity index (χ1n) is 9.09. The fourth-order valence-electron chi connectivity index (χ4n) is 2.91. The van der Waals surface area contributed by atoms with Crippen LogP contribution < -0.4 is 11.4 Å². The van der Waals surface area contributed by atoms with Crippen LogP contribution in [0.4, 0.5) is 5.82 Å². The second-order valence-electron chi connectivity index (χ2n) is 6.52. The molecule has 3 N–H and O–H groups in total. The molecule has 3 atom stereocenters. The average Bonchev–Trinajstić information content (AvgIpc) is 3.11. The molecule has 0 spiro atoms. The lowest BCUT2D eigenvalue weighted by Crippen LogP contribution is -2.29. The summed E-state index contributed by atoms with van der Waals surface area (Å²) < 4.78 is 16.6. The predicted molar refractivity (Wildman–Crippen MR) is 105 cm³/mol. The molecule has 1 aromatic carbocycles. The van der Waals surface area contributed by atoms with E-state index in [1.165, 1.54) is 19.4 Å². The van der Waals surface area contributed by atoms with Crippen LogP contribution in [0.2, 0.25) is 0 Å². The zero-order chi connectivity index (χ0) is 21.7.